The molecule has 0 fully saturated rings. The van der Waals surface area contributed by atoms with E-state index in [1.165, 1.54) is 13.0 Å². The van der Waals surface area contributed by atoms with Crippen LogP contribution in [0.4, 0.5) is 15.8 Å². The van der Waals surface area contributed by atoms with E-state index in [1.807, 2.05) is 0 Å². The fraction of sp³-hybridized carbons (Fsp3) is 0.105. The number of hydrogen-bond donors (Lipinski definition) is 2. The highest BCUT2D eigenvalue weighted by molar-refractivity contribution is 5.99. The number of esters is 1. The van der Waals surface area contributed by atoms with Gasteiger partial charge in [-0.25, -0.2) is 4.79 Å². The fourth-order valence-corrected chi connectivity index (χ4v) is 2.19. The number of halogens is 1. The van der Waals surface area contributed by atoms with E-state index in [1.54, 1.807) is 30.3 Å². The van der Waals surface area contributed by atoms with Crippen LogP contribution < -0.4 is 10.6 Å². The third-order valence-corrected chi connectivity index (χ3v) is 3.40. The summed E-state index contributed by atoms with van der Waals surface area (Å²) in [6, 6.07) is 11.4. The van der Waals surface area contributed by atoms with E-state index >= 15 is 0 Å². The zero-order chi connectivity index (χ0) is 21.4. The Labute approximate surface area is 164 Å². The maximum absolute atomic E-state index is 13.3. The van der Waals surface area contributed by atoms with Gasteiger partial charge in [-0.2, -0.15) is 4.39 Å². The summed E-state index contributed by atoms with van der Waals surface area (Å²) in [6.07, 6.45) is 1.38. The maximum Gasteiger partial charge on any atom is 0.355 e. The number of benzene rings is 2. The number of nitrogens with zero attached hydrogens (tertiary/aromatic N) is 1. The zero-order valence-corrected chi connectivity index (χ0v) is 15.2. The normalized spacial score (nSPS) is 10.8. The lowest BCUT2D eigenvalue weighted by molar-refractivity contribution is -0.387. The Kier molecular flexibility index (Phi) is 7.13. The summed E-state index contributed by atoms with van der Waals surface area (Å²) in [6.45, 7) is 0.482. The molecule has 0 heterocycles. The molecule has 0 saturated carbocycles. The number of nitrogens with one attached hydrogen (secondary N) is 2. The van der Waals surface area contributed by atoms with Gasteiger partial charge in [-0.15, -0.1) is 0 Å². The largest absolute Gasteiger partial charge is 0.451 e. The van der Waals surface area contributed by atoms with Crippen LogP contribution in [0.15, 0.2) is 54.2 Å². The van der Waals surface area contributed by atoms with Crippen LogP contribution in [0.1, 0.15) is 12.5 Å². The highest BCUT2D eigenvalue weighted by Gasteiger charge is 2.17. The van der Waals surface area contributed by atoms with E-state index in [-0.39, 0.29) is 11.4 Å². The van der Waals surface area contributed by atoms with Crippen LogP contribution in [0.3, 0.4) is 0 Å². The van der Waals surface area contributed by atoms with Crippen molar-refractivity contribution in [2.45, 2.75) is 6.92 Å². The predicted molar refractivity (Wildman–Crippen MR) is 101 cm³/mol. The number of nitro benzene ring substituents is 1. The van der Waals surface area contributed by atoms with E-state index in [4.69, 9.17) is 4.74 Å². The van der Waals surface area contributed by atoms with Gasteiger partial charge in [-0.1, -0.05) is 30.3 Å². The molecular weight excluding hydrogens is 385 g/mol. The summed E-state index contributed by atoms with van der Waals surface area (Å²) in [4.78, 5) is 45.2. The second kappa shape index (κ2) is 9.74. The van der Waals surface area contributed by atoms with Crippen molar-refractivity contribution in [3.63, 3.8) is 0 Å². The molecule has 150 valence electrons. The Hall–Kier alpha value is -4.08. The first-order valence-corrected chi connectivity index (χ1v) is 8.21. The molecule has 0 aromatic heterocycles. The molecule has 0 aliphatic heterocycles. The molecule has 9 nitrogen and oxygen atoms in total. The number of amides is 2. The van der Waals surface area contributed by atoms with Crippen molar-refractivity contribution in [2.75, 3.05) is 11.9 Å². The summed E-state index contributed by atoms with van der Waals surface area (Å²) in [5.74, 6) is -3.32. The molecule has 0 aliphatic rings. The van der Waals surface area contributed by atoms with Gasteiger partial charge in [0.25, 0.3) is 5.91 Å². The Morgan fingerprint density at radius 1 is 1.17 bits per heavy atom. The molecule has 10 heteroatoms. The Morgan fingerprint density at radius 3 is 2.48 bits per heavy atom. The molecule has 2 N–H and O–H groups in total. The number of anilines is 1. The number of carbonyl (C=O) groups is 3. The average Bonchev–Trinajstić information content (AvgIpc) is 2.67. The molecule has 2 aromatic rings. The van der Waals surface area contributed by atoms with Crippen LogP contribution in [0.5, 0.6) is 0 Å². The number of ether oxygens (including phenoxy) is 1. The summed E-state index contributed by atoms with van der Waals surface area (Å²) >= 11 is 0. The van der Waals surface area contributed by atoms with Gasteiger partial charge in [-0.05, 0) is 23.8 Å². The van der Waals surface area contributed by atoms with Gasteiger partial charge in [0.1, 0.15) is 5.70 Å². The summed E-state index contributed by atoms with van der Waals surface area (Å²) in [5, 5.41) is 15.3. The first-order chi connectivity index (χ1) is 13.8. The average molecular weight is 401 g/mol. The molecule has 2 rings (SSSR count). The molecule has 0 spiro atoms. The SMILES string of the molecule is CC(=O)N/C(=C\c1ccccc1)C(=O)OCC(=O)Nc1ccc(F)c([N+](=O)[O-])c1. The molecule has 0 unspecified atom stereocenters. The lowest BCUT2D eigenvalue weighted by Gasteiger charge is -2.10. The molecule has 0 bridgehead atoms. The quantitative estimate of drug-likeness (QED) is 0.317. The third kappa shape index (κ3) is 6.54. The molecule has 2 aromatic carbocycles. The van der Waals surface area contributed by atoms with Crippen molar-refractivity contribution in [3.05, 3.63) is 75.7 Å². The lowest BCUT2D eigenvalue weighted by atomic mass is 10.2. The monoisotopic (exact) mass is 401 g/mol. The zero-order valence-electron chi connectivity index (χ0n) is 15.2. The number of nitro groups is 1. The molecule has 0 saturated heterocycles. The Morgan fingerprint density at radius 2 is 1.86 bits per heavy atom. The van der Waals surface area contributed by atoms with Crippen molar-refractivity contribution in [2.24, 2.45) is 0 Å². The molecule has 29 heavy (non-hydrogen) atoms. The van der Waals surface area contributed by atoms with Crippen LogP contribution in [0.2, 0.25) is 0 Å². The minimum Gasteiger partial charge on any atom is -0.451 e. The van der Waals surface area contributed by atoms with Gasteiger partial charge in [0.2, 0.25) is 11.7 Å². The van der Waals surface area contributed by atoms with Crippen LogP contribution in [-0.2, 0) is 19.1 Å². The fourth-order valence-electron chi connectivity index (χ4n) is 2.19. The minimum absolute atomic E-state index is 0.0407. The van der Waals surface area contributed by atoms with E-state index < -0.39 is 40.8 Å². The first-order valence-electron chi connectivity index (χ1n) is 8.21. The molecule has 0 radical (unpaired) electrons. The summed E-state index contributed by atoms with van der Waals surface area (Å²) in [5.41, 5.74) is -0.398. The smallest absolute Gasteiger partial charge is 0.355 e. The van der Waals surface area contributed by atoms with Gasteiger partial charge in [0.15, 0.2) is 6.61 Å². The van der Waals surface area contributed by atoms with Crippen molar-refractivity contribution in [1.29, 1.82) is 0 Å². The highest BCUT2D eigenvalue weighted by Crippen LogP contribution is 2.21. The first kappa shape index (κ1) is 21.2. The predicted octanol–water partition coefficient (Wildman–Crippen LogP) is 2.39. The number of carbonyl (C=O) groups excluding carboxylic acids is 3. The standard InChI is InChI=1S/C19H16FN3O6/c1-12(24)21-16(9-13-5-3-2-4-6-13)19(26)29-11-18(25)22-14-7-8-15(20)17(10-14)23(27)28/h2-10H,11H2,1H3,(H,21,24)(H,22,25)/b16-9-. The summed E-state index contributed by atoms with van der Waals surface area (Å²) < 4.78 is 18.2. The van der Waals surface area contributed by atoms with E-state index in [0.29, 0.717) is 5.56 Å². The van der Waals surface area contributed by atoms with Gasteiger partial charge in [0.05, 0.1) is 4.92 Å². The third-order valence-electron chi connectivity index (χ3n) is 3.40. The van der Waals surface area contributed by atoms with Crippen LogP contribution in [-0.4, -0.2) is 29.3 Å². The van der Waals surface area contributed by atoms with Crippen LogP contribution >= 0.6 is 0 Å². The lowest BCUT2D eigenvalue weighted by Crippen LogP contribution is -2.28. The van der Waals surface area contributed by atoms with Gasteiger partial charge in [-0.3, -0.25) is 19.7 Å². The molecular formula is C19H16FN3O6. The van der Waals surface area contributed by atoms with Gasteiger partial charge in [0, 0.05) is 18.7 Å². The number of rotatable bonds is 7. The van der Waals surface area contributed by atoms with Crippen LogP contribution in [0.25, 0.3) is 6.08 Å². The molecule has 0 aliphatic carbocycles. The van der Waals surface area contributed by atoms with Crippen molar-refractivity contribution >= 4 is 35.2 Å². The molecule has 0 atom stereocenters. The topological polar surface area (TPSA) is 128 Å². The van der Waals surface area contributed by atoms with Crippen molar-refractivity contribution < 1.29 is 28.4 Å². The second-order valence-corrected chi connectivity index (χ2v) is 5.70. The number of hydrogen-bond acceptors (Lipinski definition) is 6. The van der Waals surface area contributed by atoms with Crippen molar-refractivity contribution in [1.82, 2.24) is 5.32 Å². The van der Waals surface area contributed by atoms with Crippen molar-refractivity contribution in [3.8, 4) is 0 Å². The summed E-state index contributed by atoms with van der Waals surface area (Å²) in [7, 11) is 0. The maximum atomic E-state index is 13.3. The van der Waals surface area contributed by atoms with Gasteiger partial charge >= 0.3 is 11.7 Å². The molecule has 2 amide bonds. The Balaban J connectivity index is 2.03. The van der Waals surface area contributed by atoms with Gasteiger partial charge < -0.3 is 15.4 Å². The van der Waals surface area contributed by atoms with Crippen LogP contribution in [0, 0.1) is 15.9 Å². The van der Waals surface area contributed by atoms with E-state index in [2.05, 4.69) is 10.6 Å². The second-order valence-electron chi connectivity index (χ2n) is 5.70. The minimum atomic E-state index is -1.05. The Bertz CT molecular complexity index is 975. The van der Waals surface area contributed by atoms with E-state index in [0.717, 1.165) is 18.2 Å². The van der Waals surface area contributed by atoms with E-state index in [9.17, 15) is 28.9 Å². The highest BCUT2D eigenvalue weighted by atomic mass is 19.1.